The lowest BCUT2D eigenvalue weighted by Crippen LogP contribution is -3.16. The highest BCUT2D eigenvalue weighted by Crippen LogP contribution is 2.39. The van der Waals surface area contributed by atoms with E-state index in [2.05, 4.69) is 11.4 Å². The van der Waals surface area contributed by atoms with Gasteiger partial charge in [-0.05, 0) is 37.8 Å². The minimum Gasteiger partial charge on any atom is -0.485 e. The van der Waals surface area contributed by atoms with Crippen LogP contribution in [0.15, 0.2) is 24.3 Å². The number of para-hydroxylation sites is 2. The molecule has 8 nitrogen and oxygen atoms in total. The number of benzene rings is 1. The first-order valence-corrected chi connectivity index (χ1v) is 10.2. The van der Waals surface area contributed by atoms with Gasteiger partial charge in [-0.3, -0.25) is 9.59 Å². The Balaban J connectivity index is 1.25. The van der Waals surface area contributed by atoms with Crippen molar-refractivity contribution in [3.05, 3.63) is 24.3 Å². The average molecular weight is 399 g/mol. The van der Waals surface area contributed by atoms with Crippen LogP contribution in [-0.2, 0) is 9.59 Å². The zero-order chi connectivity index (χ0) is 20.4. The molecule has 2 fully saturated rings. The number of rotatable bonds is 5. The van der Waals surface area contributed by atoms with Gasteiger partial charge in [-0.2, -0.15) is 5.26 Å². The predicted octanol–water partition coefficient (Wildman–Crippen LogP) is -0.638. The highest BCUT2D eigenvalue weighted by atomic mass is 16.6. The van der Waals surface area contributed by atoms with Crippen molar-refractivity contribution in [1.82, 2.24) is 10.2 Å². The topological polar surface area (TPSA) is 96.1 Å². The van der Waals surface area contributed by atoms with Crippen LogP contribution in [0.3, 0.4) is 0 Å². The number of nitriles is 1. The Morgan fingerprint density at radius 2 is 1.97 bits per heavy atom. The molecule has 1 saturated carbocycles. The highest BCUT2D eigenvalue weighted by Gasteiger charge is 2.43. The van der Waals surface area contributed by atoms with Gasteiger partial charge in [0.25, 0.3) is 11.8 Å². The van der Waals surface area contributed by atoms with Gasteiger partial charge in [-0.15, -0.1) is 0 Å². The number of fused-ring (bicyclic) bond motifs is 1. The van der Waals surface area contributed by atoms with E-state index in [1.807, 2.05) is 18.2 Å². The Morgan fingerprint density at radius 3 is 2.62 bits per heavy atom. The summed E-state index contributed by atoms with van der Waals surface area (Å²) >= 11 is 0. The van der Waals surface area contributed by atoms with Crippen molar-refractivity contribution in [2.24, 2.45) is 5.92 Å². The molecule has 0 aromatic heterocycles. The second kappa shape index (κ2) is 7.91. The van der Waals surface area contributed by atoms with Gasteiger partial charge < -0.3 is 24.6 Å². The van der Waals surface area contributed by atoms with Gasteiger partial charge in [0.05, 0.1) is 32.2 Å². The van der Waals surface area contributed by atoms with Crippen molar-refractivity contribution in [3.8, 4) is 17.6 Å². The third-order valence-corrected chi connectivity index (χ3v) is 6.00. The van der Waals surface area contributed by atoms with Crippen molar-refractivity contribution < 1.29 is 24.0 Å². The summed E-state index contributed by atoms with van der Waals surface area (Å²) in [7, 11) is 0. The molecule has 2 N–H and O–H groups in total. The number of piperazine rings is 1. The summed E-state index contributed by atoms with van der Waals surface area (Å²) in [6, 6.07) is 9.59. The molecule has 154 valence electrons. The number of nitrogens with one attached hydrogen (secondary N) is 2. The van der Waals surface area contributed by atoms with Crippen molar-refractivity contribution >= 4 is 11.8 Å². The smallest absolute Gasteiger partial charge is 0.276 e. The standard InChI is InChI=1S/C21H26N4O4/c1-21(14-22,15-6-7-15)23-19(26)12-24-8-10-25(11-9-24)20(27)18-13-28-16-4-2-3-5-17(16)29-18/h2-5,15,18H,6-13H2,1H3,(H,23,26)/p+1/t18-,21+/m0/s1. The first-order valence-electron chi connectivity index (χ1n) is 10.2. The van der Waals surface area contributed by atoms with E-state index in [1.165, 1.54) is 0 Å². The minimum absolute atomic E-state index is 0.0752. The number of nitrogens with zero attached hydrogens (tertiary/aromatic N) is 2. The maximum absolute atomic E-state index is 12.8. The number of ether oxygens (including phenoxy) is 2. The summed E-state index contributed by atoms with van der Waals surface area (Å²) in [5.74, 6) is 1.34. The molecule has 2 amide bonds. The van der Waals surface area contributed by atoms with Gasteiger partial charge in [0.1, 0.15) is 12.1 Å². The fourth-order valence-electron chi connectivity index (χ4n) is 4.01. The van der Waals surface area contributed by atoms with E-state index in [-0.39, 0.29) is 24.3 Å². The molecule has 2 heterocycles. The molecule has 3 aliphatic rings. The normalized spacial score (nSPS) is 23.6. The molecular formula is C21H27N4O4+. The number of hydrogen-bond acceptors (Lipinski definition) is 5. The van der Waals surface area contributed by atoms with Gasteiger partial charge in [-0.1, -0.05) is 12.1 Å². The van der Waals surface area contributed by atoms with Gasteiger partial charge in [0.15, 0.2) is 18.0 Å². The van der Waals surface area contributed by atoms with Crippen LogP contribution >= 0.6 is 0 Å². The monoisotopic (exact) mass is 399 g/mol. The molecule has 1 saturated heterocycles. The highest BCUT2D eigenvalue weighted by molar-refractivity contribution is 5.82. The summed E-state index contributed by atoms with van der Waals surface area (Å²) in [6.07, 6.45) is 1.36. The van der Waals surface area contributed by atoms with Crippen molar-refractivity contribution in [3.63, 3.8) is 0 Å². The SMILES string of the molecule is C[C@](C#N)(NC(=O)C[NH+]1CCN(C(=O)[C@@H]2COc3ccccc3O2)CC1)C1CC1. The maximum Gasteiger partial charge on any atom is 0.276 e. The third kappa shape index (κ3) is 4.30. The number of amides is 2. The van der Waals surface area contributed by atoms with Crippen LogP contribution in [0.1, 0.15) is 19.8 Å². The lowest BCUT2D eigenvalue weighted by Gasteiger charge is -2.35. The third-order valence-electron chi connectivity index (χ3n) is 6.00. The minimum atomic E-state index is -0.761. The van der Waals surface area contributed by atoms with E-state index in [0.29, 0.717) is 44.2 Å². The number of hydrogen-bond donors (Lipinski definition) is 2. The zero-order valence-corrected chi connectivity index (χ0v) is 16.6. The summed E-state index contributed by atoms with van der Waals surface area (Å²) in [4.78, 5) is 28.1. The molecule has 1 aromatic rings. The van der Waals surface area contributed by atoms with Gasteiger partial charge in [0, 0.05) is 0 Å². The number of quaternary nitrogens is 1. The number of carbonyl (C=O) groups is 2. The zero-order valence-electron chi connectivity index (χ0n) is 16.6. The molecular weight excluding hydrogens is 372 g/mol. The van der Waals surface area contributed by atoms with Crippen LogP contribution in [-0.4, -0.2) is 67.7 Å². The fraction of sp³-hybridized carbons (Fsp3) is 0.571. The van der Waals surface area contributed by atoms with E-state index in [0.717, 1.165) is 17.7 Å². The Kier molecular flexibility index (Phi) is 5.33. The molecule has 2 aliphatic heterocycles. The Labute approximate surface area is 170 Å². The van der Waals surface area contributed by atoms with Crippen LogP contribution in [0.25, 0.3) is 0 Å². The molecule has 8 heteroatoms. The van der Waals surface area contributed by atoms with E-state index >= 15 is 0 Å². The molecule has 0 bridgehead atoms. The van der Waals surface area contributed by atoms with Gasteiger partial charge in [0.2, 0.25) is 6.10 Å². The second-order valence-corrected chi connectivity index (χ2v) is 8.25. The first kappa shape index (κ1) is 19.5. The van der Waals surface area contributed by atoms with Crippen LogP contribution in [0, 0.1) is 17.2 Å². The van der Waals surface area contributed by atoms with E-state index in [4.69, 9.17) is 9.47 Å². The maximum atomic E-state index is 12.8. The van der Waals surface area contributed by atoms with Gasteiger partial charge >= 0.3 is 0 Å². The van der Waals surface area contributed by atoms with Crippen LogP contribution in [0.4, 0.5) is 0 Å². The van der Waals surface area contributed by atoms with Gasteiger partial charge in [-0.25, -0.2) is 0 Å². The summed E-state index contributed by atoms with van der Waals surface area (Å²) in [6.45, 7) is 4.86. The molecule has 0 unspecified atom stereocenters. The van der Waals surface area contributed by atoms with E-state index in [9.17, 15) is 14.9 Å². The summed E-state index contributed by atoms with van der Waals surface area (Å²) in [5.41, 5.74) is -0.761. The fourth-order valence-corrected chi connectivity index (χ4v) is 4.01. The molecule has 4 rings (SSSR count). The quantitative estimate of drug-likeness (QED) is 0.687. The Bertz CT molecular complexity index is 826. The molecule has 1 aromatic carbocycles. The van der Waals surface area contributed by atoms with Crippen molar-refractivity contribution in [1.29, 1.82) is 5.26 Å². The average Bonchev–Trinajstić information content (AvgIpc) is 3.59. The van der Waals surface area contributed by atoms with E-state index < -0.39 is 11.6 Å². The molecule has 29 heavy (non-hydrogen) atoms. The first-order chi connectivity index (χ1) is 14.0. The Morgan fingerprint density at radius 1 is 1.28 bits per heavy atom. The lowest BCUT2D eigenvalue weighted by atomic mass is 9.98. The predicted molar refractivity (Wildman–Crippen MR) is 103 cm³/mol. The van der Waals surface area contributed by atoms with Crippen LogP contribution in [0.5, 0.6) is 11.5 Å². The van der Waals surface area contributed by atoms with Crippen LogP contribution < -0.4 is 19.7 Å². The number of carbonyl (C=O) groups excluding carboxylic acids is 2. The second-order valence-electron chi connectivity index (χ2n) is 8.25. The van der Waals surface area contributed by atoms with Crippen molar-refractivity contribution in [2.75, 3.05) is 39.3 Å². The lowest BCUT2D eigenvalue weighted by molar-refractivity contribution is -0.896. The molecule has 2 atom stereocenters. The van der Waals surface area contributed by atoms with Crippen LogP contribution in [0.2, 0.25) is 0 Å². The summed E-state index contributed by atoms with van der Waals surface area (Å²) in [5, 5.41) is 12.3. The molecule has 0 spiro atoms. The molecule has 1 aliphatic carbocycles. The van der Waals surface area contributed by atoms with Crippen molar-refractivity contribution in [2.45, 2.75) is 31.4 Å². The van der Waals surface area contributed by atoms with E-state index in [1.54, 1.807) is 17.9 Å². The Hall–Kier alpha value is -2.79. The largest absolute Gasteiger partial charge is 0.485 e. The molecule has 0 radical (unpaired) electrons. The summed E-state index contributed by atoms with van der Waals surface area (Å²) < 4.78 is 11.5.